The molecule has 0 spiro atoms. The molecule has 1 aliphatic rings. The van der Waals surface area contributed by atoms with Crippen molar-refractivity contribution in [2.45, 2.75) is 24.9 Å². The minimum atomic E-state index is -0.985. The molecule has 43 heavy (non-hydrogen) atoms. The van der Waals surface area contributed by atoms with Crippen molar-refractivity contribution in [1.29, 1.82) is 0 Å². The second-order valence-corrected chi connectivity index (χ2v) is 10.7. The molecule has 0 saturated carbocycles. The van der Waals surface area contributed by atoms with Crippen LogP contribution >= 0.6 is 23.4 Å². The van der Waals surface area contributed by atoms with Crippen LogP contribution in [0.25, 0.3) is 11.3 Å². The molecule has 1 amide bonds. The van der Waals surface area contributed by atoms with Crippen LogP contribution in [-0.2, 0) is 6.61 Å². The van der Waals surface area contributed by atoms with E-state index in [9.17, 15) is 4.79 Å². The molecule has 2 heterocycles. The number of hydrogen-bond acceptors (Lipinski definition) is 8. The zero-order valence-corrected chi connectivity index (χ0v) is 25.0. The monoisotopic (exact) mass is 610 g/mol. The summed E-state index contributed by atoms with van der Waals surface area (Å²) in [6.07, 6.45) is 0.875. The van der Waals surface area contributed by atoms with Gasteiger partial charge in [-0.3, -0.25) is 9.69 Å². The number of benzene rings is 4. The number of thioether (sulfide) groups is 1. The van der Waals surface area contributed by atoms with Crippen molar-refractivity contribution in [1.82, 2.24) is 15.2 Å². The molecule has 0 unspecified atom stereocenters. The van der Waals surface area contributed by atoms with Crippen LogP contribution in [0.15, 0.2) is 102 Å². The first-order valence-corrected chi connectivity index (χ1v) is 15.2. The zero-order valence-electron chi connectivity index (χ0n) is 23.4. The van der Waals surface area contributed by atoms with Gasteiger partial charge in [0.2, 0.25) is 17.3 Å². The fraction of sp³-hybridized carbons (Fsp3) is 0.152. The molecule has 0 N–H and O–H groups in total. The van der Waals surface area contributed by atoms with E-state index < -0.39 is 6.23 Å². The van der Waals surface area contributed by atoms with Crippen LogP contribution < -0.4 is 19.1 Å². The van der Waals surface area contributed by atoms with E-state index in [1.807, 2.05) is 86.0 Å². The second kappa shape index (κ2) is 12.7. The minimum absolute atomic E-state index is 0.249. The molecule has 10 heteroatoms. The highest BCUT2D eigenvalue weighted by Crippen LogP contribution is 2.46. The lowest BCUT2D eigenvalue weighted by Gasteiger charge is -2.31. The fourth-order valence-electron chi connectivity index (χ4n) is 4.82. The molecule has 4 aromatic carbocycles. The maximum Gasteiger partial charge on any atom is 0.261 e. The zero-order chi connectivity index (χ0) is 29.8. The van der Waals surface area contributed by atoms with Crippen LogP contribution in [0.1, 0.15) is 34.6 Å². The van der Waals surface area contributed by atoms with E-state index in [2.05, 4.69) is 15.2 Å². The molecule has 5 aromatic rings. The van der Waals surface area contributed by atoms with Gasteiger partial charge < -0.3 is 14.2 Å². The van der Waals surface area contributed by atoms with Crippen molar-refractivity contribution in [3.8, 4) is 28.6 Å². The minimum Gasteiger partial charge on any atom is -0.490 e. The molecule has 6 rings (SSSR count). The van der Waals surface area contributed by atoms with E-state index in [-0.39, 0.29) is 11.8 Å². The lowest BCUT2D eigenvalue weighted by molar-refractivity contribution is 0.0909. The lowest BCUT2D eigenvalue weighted by Crippen LogP contribution is -2.37. The average molecular weight is 611 g/mol. The van der Waals surface area contributed by atoms with E-state index in [1.54, 1.807) is 29.2 Å². The van der Waals surface area contributed by atoms with Crippen LogP contribution in [0.3, 0.4) is 0 Å². The SMILES string of the molecule is CCOc1cc([C@H]2Oc3nc(SC)nnc3-c3ccccc3N2C(=O)c2ccccc2)cc(Cl)c1OCc1ccccc1. The summed E-state index contributed by atoms with van der Waals surface area (Å²) in [5.74, 6) is 0.807. The van der Waals surface area contributed by atoms with Gasteiger partial charge in [-0.05, 0) is 49.1 Å². The van der Waals surface area contributed by atoms with Crippen LogP contribution in [0.5, 0.6) is 17.4 Å². The number of carbonyl (C=O) groups is 1. The number of para-hydroxylation sites is 1. The van der Waals surface area contributed by atoms with Crippen molar-refractivity contribution in [2.75, 3.05) is 17.8 Å². The number of amides is 1. The number of hydrogen-bond donors (Lipinski definition) is 0. The molecule has 0 bridgehead atoms. The lowest BCUT2D eigenvalue weighted by atomic mass is 10.1. The Bertz CT molecular complexity index is 1760. The number of aromatic nitrogens is 3. The van der Waals surface area contributed by atoms with Crippen molar-refractivity contribution in [3.05, 3.63) is 119 Å². The van der Waals surface area contributed by atoms with Gasteiger partial charge in [0.25, 0.3) is 5.91 Å². The number of ether oxygens (including phenoxy) is 3. The normalized spacial score (nSPS) is 13.7. The first-order chi connectivity index (χ1) is 21.1. The van der Waals surface area contributed by atoms with Crippen LogP contribution in [-0.4, -0.2) is 34.0 Å². The van der Waals surface area contributed by atoms with Crippen molar-refractivity contribution in [2.24, 2.45) is 0 Å². The summed E-state index contributed by atoms with van der Waals surface area (Å²) in [6, 6.07) is 29.8. The molecule has 1 aromatic heterocycles. The molecule has 0 saturated heterocycles. The van der Waals surface area contributed by atoms with Gasteiger partial charge in [0.15, 0.2) is 17.2 Å². The third-order valence-electron chi connectivity index (χ3n) is 6.78. The fourth-order valence-corrected chi connectivity index (χ4v) is 5.39. The Morgan fingerprint density at radius 3 is 2.42 bits per heavy atom. The van der Waals surface area contributed by atoms with Crippen LogP contribution in [0, 0.1) is 0 Å². The third kappa shape index (κ3) is 5.86. The second-order valence-electron chi connectivity index (χ2n) is 9.52. The highest BCUT2D eigenvalue weighted by Gasteiger charge is 2.37. The summed E-state index contributed by atoms with van der Waals surface area (Å²) in [5.41, 5.74) is 3.72. The molecule has 0 fully saturated rings. The molecule has 0 aliphatic carbocycles. The Balaban J connectivity index is 1.51. The number of halogens is 1. The molecule has 1 atom stereocenters. The molecule has 8 nitrogen and oxygen atoms in total. The van der Waals surface area contributed by atoms with E-state index in [4.69, 9.17) is 25.8 Å². The van der Waals surface area contributed by atoms with E-state index in [0.29, 0.717) is 63.0 Å². The van der Waals surface area contributed by atoms with Gasteiger partial charge in [-0.15, -0.1) is 10.2 Å². The standard InChI is InChI=1S/C33H27ClN4O4S/c1-3-40-27-19-23(18-25(34)29(27)41-20-21-12-6-4-7-13-21)32-38(31(39)22-14-8-5-9-15-22)26-17-11-10-16-24(26)28-30(42-32)35-33(43-2)37-36-28/h4-19,32H,3,20H2,1-2H3/t32-/m1/s1. The van der Waals surface area contributed by atoms with E-state index >= 15 is 0 Å². The summed E-state index contributed by atoms with van der Waals surface area (Å²) >= 11 is 8.23. The highest BCUT2D eigenvalue weighted by molar-refractivity contribution is 7.98. The summed E-state index contributed by atoms with van der Waals surface area (Å²) < 4.78 is 18.8. The summed E-state index contributed by atoms with van der Waals surface area (Å²) in [7, 11) is 0. The Morgan fingerprint density at radius 1 is 0.953 bits per heavy atom. The number of carbonyl (C=O) groups excluding carboxylic acids is 1. The van der Waals surface area contributed by atoms with Gasteiger partial charge in [0, 0.05) is 16.7 Å². The van der Waals surface area contributed by atoms with Gasteiger partial charge in [0.1, 0.15) is 6.61 Å². The average Bonchev–Trinajstić information content (AvgIpc) is 3.19. The van der Waals surface area contributed by atoms with Gasteiger partial charge in [0.05, 0.1) is 17.3 Å². The molecular weight excluding hydrogens is 584 g/mol. The van der Waals surface area contributed by atoms with Crippen molar-refractivity contribution in [3.63, 3.8) is 0 Å². The molecular formula is C33H27ClN4O4S. The summed E-state index contributed by atoms with van der Waals surface area (Å²) in [6.45, 7) is 2.56. The first kappa shape index (κ1) is 28.5. The summed E-state index contributed by atoms with van der Waals surface area (Å²) in [5, 5.41) is 9.45. The maximum atomic E-state index is 14.3. The van der Waals surface area contributed by atoms with Crippen molar-refractivity contribution >= 4 is 35.0 Å². The Labute approximate surface area is 258 Å². The molecule has 216 valence electrons. The van der Waals surface area contributed by atoms with Gasteiger partial charge in [-0.25, -0.2) is 0 Å². The Morgan fingerprint density at radius 2 is 1.67 bits per heavy atom. The van der Waals surface area contributed by atoms with E-state index in [1.165, 1.54) is 11.8 Å². The largest absolute Gasteiger partial charge is 0.490 e. The first-order valence-electron chi connectivity index (χ1n) is 13.6. The smallest absolute Gasteiger partial charge is 0.261 e. The van der Waals surface area contributed by atoms with Crippen molar-refractivity contribution < 1.29 is 19.0 Å². The number of nitrogens with zero attached hydrogens (tertiary/aromatic N) is 4. The quantitative estimate of drug-likeness (QED) is 0.166. The number of anilines is 1. The third-order valence-corrected chi connectivity index (χ3v) is 7.60. The molecule has 1 aliphatic heterocycles. The highest BCUT2D eigenvalue weighted by atomic mass is 35.5. The topological polar surface area (TPSA) is 86.7 Å². The van der Waals surface area contributed by atoms with E-state index in [0.717, 1.165) is 5.56 Å². The predicted octanol–water partition coefficient (Wildman–Crippen LogP) is 7.63. The van der Waals surface area contributed by atoms with Crippen LogP contribution in [0.4, 0.5) is 5.69 Å². The Kier molecular flexibility index (Phi) is 8.44. The molecule has 0 radical (unpaired) electrons. The number of fused-ring (bicyclic) bond motifs is 3. The Hall–Kier alpha value is -4.60. The van der Waals surface area contributed by atoms with Gasteiger partial charge >= 0.3 is 0 Å². The van der Waals surface area contributed by atoms with Gasteiger partial charge in [-0.1, -0.05) is 90.1 Å². The van der Waals surface area contributed by atoms with Gasteiger partial charge in [-0.2, -0.15) is 4.98 Å². The van der Waals surface area contributed by atoms with Crippen LogP contribution in [0.2, 0.25) is 5.02 Å². The number of rotatable bonds is 8. The summed E-state index contributed by atoms with van der Waals surface area (Å²) in [4.78, 5) is 20.5. The predicted molar refractivity (Wildman–Crippen MR) is 167 cm³/mol. The maximum absolute atomic E-state index is 14.3.